The average Bonchev–Trinajstić information content (AvgIpc) is 2.76. The highest BCUT2D eigenvalue weighted by Gasteiger charge is 2.36. The van der Waals surface area contributed by atoms with E-state index in [1.54, 1.807) is 0 Å². The number of H-pyrrole nitrogens is 1. The number of sulfonamides is 1. The largest absolute Gasteiger partial charge is 0.373 e. The minimum atomic E-state index is -3.58. The number of halogens is 1. The number of alkyl halides is 1. The van der Waals surface area contributed by atoms with Crippen molar-refractivity contribution in [3.8, 4) is 0 Å². The molecule has 0 amide bonds. The highest BCUT2D eigenvalue weighted by Crippen LogP contribution is 2.24. The quantitative estimate of drug-likeness (QED) is 0.842. The van der Waals surface area contributed by atoms with E-state index in [2.05, 4.69) is 10.2 Å². The van der Waals surface area contributed by atoms with E-state index in [1.165, 1.54) is 10.5 Å². The Morgan fingerprint density at radius 3 is 2.94 bits per heavy atom. The maximum atomic E-state index is 12.5. The molecule has 102 valence electrons. The Balaban J connectivity index is 2.32. The smallest absolute Gasteiger partial charge is 0.260 e. The molecule has 0 unspecified atom stereocenters. The number of nitrogens with zero attached hydrogens (tertiary/aromatic N) is 2. The average molecular weight is 294 g/mol. The van der Waals surface area contributed by atoms with E-state index in [1.807, 2.05) is 13.8 Å². The first kappa shape index (κ1) is 13.8. The Kier molecular flexibility index (Phi) is 3.68. The summed E-state index contributed by atoms with van der Waals surface area (Å²) < 4.78 is 31.8. The van der Waals surface area contributed by atoms with Gasteiger partial charge in [0.15, 0.2) is 5.03 Å². The normalized spacial score (nSPS) is 21.1. The molecule has 1 N–H and O–H groups in total. The monoisotopic (exact) mass is 293 g/mol. The molecule has 0 radical (unpaired) electrons. The molecule has 2 heterocycles. The van der Waals surface area contributed by atoms with Crippen LogP contribution >= 0.6 is 11.6 Å². The minimum absolute atomic E-state index is 0.0789. The van der Waals surface area contributed by atoms with Crippen LogP contribution in [0.4, 0.5) is 0 Å². The third kappa shape index (κ3) is 2.54. The molecule has 0 bridgehead atoms. The third-order valence-corrected chi connectivity index (χ3v) is 4.96. The molecule has 1 saturated heterocycles. The Bertz CT molecular complexity index is 526. The molecule has 0 aromatic carbocycles. The van der Waals surface area contributed by atoms with Gasteiger partial charge in [0, 0.05) is 18.7 Å². The van der Waals surface area contributed by atoms with E-state index in [0.717, 1.165) is 0 Å². The van der Waals surface area contributed by atoms with Crippen molar-refractivity contribution in [3.63, 3.8) is 0 Å². The van der Waals surface area contributed by atoms with Crippen LogP contribution in [-0.4, -0.2) is 48.2 Å². The molecule has 8 heteroatoms. The van der Waals surface area contributed by atoms with E-state index >= 15 is 0 Å². The second kappa shape index (κ2) is 4.80. The van der Waals surface area contributed by atoms with Gasteiger partial charge < -0.3 is 4.74 Å². The third-order valence-electron chi connectivity index (χ3n) is 2.81. The first-order valence-electron chi connectivity index (χ1n) is 5.59. The van der Waals surface area contributed by atoms with E-state index in [9.17, 15) is 8.42 Å². The van der Waals surface area contributed by atoms with Crippen LogP contribution in [-0.2, 0) is 20.6 Å². The summed E-state index contributed by atoms with van der Waals surface area (Å²) in [5.74, 6) is 0.110. The van der Waals surface area contributed by atoms with Crippen LogP contribution in [0.2, 0.25) is 0 Å². The standard InChI is InChI=1S/C10H16ClN3O3S/c1-10(2)7-14(3-4-17-10)18(15,16)9-8(5-11)6-12-13-9/h6H,3-5,7H2,1-2H3,(H,12,13). The fourth-order valence-electron chi connectivity index (χ4n) is 1.93. The molecule has 18 heavy (non-hydrogen) atoms. The van der Waals surface area contributed by atoms with Gasteiger partial charge in [0.25, 0.3) is 10.0 Å². The summed E-state index contributed by atoms with van der Waals surface area (Å²) in [5.41, 5.74) is 0.00731. The van der Waals surface area contributed by atoms with Gasteiger partial charge in [-0.05, 0) is 13.8 Å². The molecule has 1 aromatic rings. The van der Waals surface area contributed by atoms with Crippen LogP contribution in [0.5, 0.6) is 0 Å². The molecule has 1 aliphatic heterocycles. The number of aromatic nitrogens is 2. The van der Waals surface area contributed by atoms with E-state index in [0.29, 0.717) is 25.3 Å². The first-order valence-corrected chi connectivity index (χ1v) is 7.56. The summed E-state index contributed by atoms with van der Waals surface area (Å²) in [7, 11) is -3.58. The molecule has 1 fully saturated rings. The van der Waals surface area contributed by atoms with Crippen LogP contribution in [0.15, 0.2) is 11.2 Å². The fourth-order valence-corrected chi connectivity index (χ4v) is 3.89. The van der Waals surface area contributed by atoms with Crippen LogP contribution in [0.3, 0.4) is 0 Å². The Labute approximate surface area is 111 Å². The predicted octanol–water partition coefficient (Wildman–Crippen LogP) is 0.948. The van der Waals surface area contributed by atoms with E-state index in [4.69, 9.17) is 16.3 Å². The molecule has 0 spiro atoms. The first-order chi connectivity index (χ1) is 8.37. The lowest BCUT2D eigenvalue weighted by Gasteiger charge is -2.37. The van der Waals surface area contributed by atoms with Crippen molar-refractivity contribution in [2.24, 2.45) is 0 Å². The Hall–Kier alpha value is -0.630. The number of morpholine rings is 1. The van der Waals surface area contributed by atoms with Gasteiger partial charge in [0.1, 0.15) is 0 Å². The van der Waals surface area contributed by atoms with Crippen LogP contribution in [0.1, 0.15) is 19.4 Å². The van der Waals surface area contributed by atoms with Crippen molar-refractivity contribution in [1.82, 2.24) is 14.5 Å². The molecule has 0 aliphatic carbocycles. The van der Waals surface area contributed by atoms with Gasteiger partial charge in [-0.2, -0.15) is 9.40 Å². The van der Waals surface area contributed by atoms with Gasteiger partial charge in [-0.1, -0.05) is 0 Å². The number of hydrogen-bond donors (Lipinski definition) is 1. The predicted molar refractivity (Wildman–Crippen MR) is 66.9 cm³/mol. The number of rotatable bonds is 3. The number of ether oxygens (including phenoxy) is 1. The summed E-state index contributed by atoms with van der Waals surface area (Å²) in [4.78, 5) is 0. The van der Waals surface area contributed by atoms with Crippen LogP contribution < -0.4 is 0 Å². The fraction of sp³-hybridized carbons (Fsp3) is 0.700. The molecule has 1 aromatic heterocycles. The maximum absolute atomic E-state index is 12.5. The van der Waals surface area contributed by atoms with Gasteiger partial charge >= 0.3 is 0 Å². The number of aromatic amines is 1. The Morgan fingerprint density at radius 2 is 2.33 bits per heavy atom. The molecule has 1 aliphatic rings. The Morgan fingerprint density at radius 1 is 1.61 bits per heavy atom. The van der Waals surface area contributed by atoms with Gasteiger partial charge in [-0.15, -0.1) is 11.6 Å². The second-order valence-corrected chi connectivity index (χ2v) is 6.95. The zero-order chi connectivity index (χ0) is 13.4. The highest BCUT2D eigenvalue weighted by molar-refractivity contribution is 7.89. The van der Waals surface area contributed by atoms with Crippen molar-refractivity contribution in [1.29, 1.82) is 0 Å². The zero-order valence-corrected chi connectivity index (χ0v) is 11.9. The molecule has 2 rings (SSSR count). The van der Waals surface area contributed by atoms with E-state index < -0.39 is 15.6 Å². The van der Waals surface area contributed by atoms with Gasteiger partial charge in [0.2, 0.25) is 0 Å². The van der Waals surface area contributed by atoms with Gasteiger partial charge in [-0.25, -0.2) is 8.42 Å². The summed E-state index contributed by atoms with van der Waals surface area (Å²) >= 11 is 5.71. The van der Waals surface area contributed by atoms with Crippen LogP contribution in [0, 0.1) is 0 Å². The van der Waals surface area contributed by atoms with Gasteiger partial charge in [-0.3, -0.25) is 5.10 Å². The molecular formula is C10H16ClN3O3S. The summed E-state index contributed by atoms with van der Waals surface area (Å²) in [6, 6.07) is 0. The van der Waals surface area contributed by atoms with Crippen molar-refractivity contribution < 1.29 is 13.2 Å². The van der Waals surface area contributed by atoms with Crippen molar-refractivity contribution in [2.45, 2.75) is 30.4 Å². The molecule has 6 nitrogen and oxygen atoms in total. The minimum Gasteiger partial charge on any atom is -0.373 e. The van der Waals surface area contributed by atoms with E-state index in [-0.39, 0.29) is 10.9 Å². The lowest BCUT2D eigenvalue weighted by molar-refractivity contribution is -0.0640. The molecule has 0 atom stereocenters. The van der Waals surface area contributed by atoms with Gasteiger partial charge in [0.05, 0.1) is 24.3 Å². The lowest BCUT2D eigenvalue weighted by atomic mass is 10.1. The molecular weight excluding hydrogens is 278 g/mol. The SMILES string of the molecule is CC1(C)CN(S(=O)(=O)c2[nH]ncc2CCl)CCO1. The summed E-state index contributed by atoms with van der Waals surface area (Å²) in [6.45, 7) is 4.77. The van der Waals surface area contributed by atoms with Crippen molar-refractivity contribution >= 4 is 21.6 Å². The number of hydrogen-bond acceptors (Lipinski definition) is 4. The summed E-state index contributed by atoms with van der Waals surface area (Å²) in [5, 5.41) is 6.34. The second-order valence-electron chi connectivity index (χ2n) is 4.80. The van der Waals surface area contributed by atoms with Crippen LogP contribution in [0.25, 0.3) is 0 Å². The highest BCUT2D eigenvalue weighted by atomic mass is 35.5. The zero-order valence-electron chi connectivity index (χ0n) is 10.3. The maximum Gasteiger partial charge on any atom is 0.260 e. The number of nitrogens with one attached hydrogen (secondary N) is 1. The molecule has 0 saturated carbocycles. The van der Waals surface area contributed by atoms with Crippen molar-refractivity contribution in [3.05, 3.63) is 11.8 Å². The lowest BCUT2D eigenvalue weighted by Crippen LogP contribution is -2.50. The van der Waals surface area contributed by atoms with Crippen molar-refractivity contribution in [2.75, 3.05) is 19.7 Å². The topological polar surface area (TPSA) is 75.3 Å². The summed E-state index contributed by atoms with van der Waals surface area (Å²) in [6.07, 6.45) is 1.44.